The van der Waals surface area contributed by atoms with Gasteiger partial charge in [0.2, 0.25) is 12.3 Å². The largest absolute Gasteiger partial charge is 1.00 e. The van der Waals surface area contributed by atoms with Gasteiger partial charge < -0.3 is 21.7 Å². The molecule has 0 N–H and O–H groups in total. The molecule has 0 aliphatic carbocycles. The van der Waals surface area contributed by atoms with Crippen molar-refractivity contribution in [2.24, 2.45) is 0 Å². The zero-order valence-corrected chi connectivity index (χ0v) is 14.8. The molecule has 0 saturated heterocycles. The number of carbonyl (C=O) groups is 1. The highest BCUT2D eigenvalue weighted by molar-refractivity contribution is 7.17. The molecular formula is C17H16BrNO2S. The Hall–Kier alpha value is -1.72. The van der Waals surface area contributed by atoms with Gasteiger partial charge in [0.05, 0.1) is 7.11 Å². The molecule has 0 atom stereocenters. The summed E-state index contributed by atoms with van der Waals surface area (Å²) in [4.78, 5) is 12.4. The first-order valence-electron chi connectivity index (χ1n) is 6.72. The number of fused-ring (bicyclic) bond motifs is 1. The lowest BCUT2D eigenvalue weighted by atomic mass is 10.1. The number of hydrogen-bond donors (Lipinski definition) is 0. The fraction of sp³-hybridized carbons (Fsp3) is 0.176. The highest BCUT2D eigenvalue weighted by Crippen LogP contribution is 2.21. The normalized spacial score (nSPS) is 10.3. The fourth-order valence-corrected chi connectivity index (χ4v) is 3.26. The van der Waals surface area contributed by atoms with Crippen LogP contribution in [0.15, 0.2) is 48.0 Å². The average molecular weight is 378 g/mol. The van der Waals surface area contributed by atoms with Crippen LogP contribution in [0.25, 0.3) is 10.1 Å². The fourth-order valence-electron chi connectivity index (χ4n) is 2.35. The van der Waals surface area contributed by atoms with E-state index < -0.39 is 0 Å². The molecule has 0 aliphatic rings. The predicted octanol–water partition coefficient (Wildman–Crippen LogP) is 0.393. The topological polar surface area (TPSA) is 30.2 Å². The van der Waals surface area contributed by atoms with Crippen molar-refractivity contribution in [1.29, 1.82) is 0 Å². The summed E-state index contributed by atoms with van der Waals surface area (Å²) in [5, 5.41) is 3.30. The molecule has 3 rings (SSSR count). The van der Waals surface area contributed by atoms with Gasteiger partial charge in [-0.05, 0) is 35.7 Å². The van der Waals surface area contributed by atoms with E-state index in [4.69, 9.17) is 4.74 Å². The number of halogens is 1. The van der Waals surface area contributed by atoms with Crippen LogP contribution in [0.1, 0.15) is 16.1 Å². The lowest BCUT2D eigenvalue weighted by Gasteiger charge is -2.03. The highest BCUT2D eigenvalue weighted by Gasteiger charge is 2.17. The van der Waals surface area contributed by atoms with Crippen molar-refractivity contribution >= 4 is 27.2 Å². The van der Waals surface area contributed by atoms with Crippen LogP contribution in [0.5, 0.6) is 5.75 Å². The van der Waals surface area contributed by atoms with E-state index >= 15 is 0 Å². The molecule has 114 valence electrons. The standard InChI is InChI=1S/C17H16NO2S.BrH/c1-12-17-14(8-10-21-17)7-9-18(12)11-16(19)13-3-5-15(20-2)6-4-13;/h3-10H,11H2,1-2H3;1H/q+1;/p-1. The molecule has 0 radical (unpaired) electrons. The molecule has 2 heterocycles. The number of carbonyl (C=O) groups excluding carboxylic acids is 1. The summed E-state index contributed by atoms with van der Waals surface area (Å²) >= 11 is 1.71. The first-order chi connectivity index (χ1) is 10.2. The number of thiophene rings is 1. The third-order valence-electron chi connectivity index (χ3n) is 3.62. The first-order valence-corrected chi connectivity index (χ1v) is 7.60. The third-order valence-corrected chi connectivity index (χ3v) is 4.65. The van der Waals surface area contributed by atoms with Crippen molar-refractivity contribution in [3.8, 4) is 5.75 Å². The van der Waals surface area contributed by atoms with Gasteiger partial charge >= 0.3 is 0 Å². The molecule has 1 aromatic carbocycles. The van der Waals surface area contributed by atoms with Crippen molar-refractivity contribution in [2.45, 2.75) is 13.5 Å². The summed E-state index contributed by atoms with van der Waals surface area (Å²) in [6, 6.07) is 11.4. The molecule has 0 spiro atoms. The second-order valence-electron chi connectivity index (χ2n) is 4.89. The summed E-state index contributed by atoms with van der Waals surface area (Å²) in [6.45, 7) is 2.41. The Bertz CT molecular complexity index is 796. The van der Waals surface area contributed by atoms with Crippen molar-refractivity contribution in [3.05, 3.63) is 59.2 Å². The maximum absolute atomic E-state index is 12.4. The number of ether oxygens (including phenoxy) is 1. The van der Waals surface area contributed by atoms with E-state index in [-0.39, 0.29) is 22.8 Å². The Kier molecular flexibility index (Phi) is 5.32. The van der Waals surface area contributed by atoms with E-state index in [2.05, 4.69) is 24.4 Å². The number of benzene rings is 1. The Morgan fingerprint density at radius 3 is 2.59 bits per heavy atom. The van der Waals surface area contributed by atoms with Gasteiger partial charge in [-0.2, -0.15) is 4.57 Å². The highest BCUT2D eigenvalue weighted by atomic mass is 79.9. The Balaban J connectivity index is 0.00000176. The molecule has 0 aliphatic heterocycles. The molecule has 0 saturated carbocycles. The number of pyridine rings is 1. The number of methoxy groups -OCH3 is 1. The van der Waals surface area contributed by atoms with Gasteiger partial charge in [0, 0.05) is 23.9 Å². The van der Waals surface area contributed by atoms with Gasteiger partial charge in [0.25, 0.3) is 0 Å². The van der Waals surface area contributed by atoms with Crippen molar-refractivity contribution < 1.29 is 31.1 Å². The third kappa shape index (κ3) is 3.20. The molecule has 0 amide bonds. The van der Waals surface area contributed by atoms with Crippen LogP contribution in [-0.4, -0.2) is 12.9 Å². The van der Waals surface area contributed by atoms with Crippen molar-refractivity contribution in [2.75, 3.05) is 7.11 Å². The summed E-state index contributed by atoms with van der Waals surface area (Å²) in [6.07, 6.45) is 1.98. The van der Waals surface area contributed by atoms with E-state index in [0.717, 1.165) is 11.4 Å². The van der Waals surface area contributed by atoms with Gasteiger partial charge in [-0.15, -0.1) is 11.3 Å². The second-order valence-corrected chi connectivity index (χ2v) is 5.80. The second kappa shape index (κ2) is 7.03. The Morgan fingerprint density at radius 1 is 1.18 bits per heavy atom. The van der Waals surface area contributed by atoms with Crippen molar-refractivity contribution in [1.82, 2.24) is 0 Å². The molecule has 0 unspecified atom stereocenters. The van der Waals surface area contributed by atoms with Gasteiger partial charge in [-0.25, -0.2) is 0 Å². The molecular weight excluding hydrogens is 362 g/mol. The average Bonchev–Trinajstić information content (AvgIpc) is 2.99. The summed E-state index contributed by atoms with van der Waals surface area (Å²) in [7, 11) is 1.62. The lowest BCUT2D eigenvalue weighted by molar-refractivity contribution is -0.687. The van der Waals surface area contributed by atoms with Crippen LogP contribution in [0.3, 0.4) is 0 Å². The summed E-state index contributed by atoms with van der Waals surface area (Å²) < 4.78 is 8.35. The summed E-state index contributed by atoms with van der Waals surface area (Å²) in [5.74, 6) is 0.858. The van der Waals surface area contributed by atoms with Gasteiger partial charge in [-0.3, -0.25) is 4.79 Å². The van der Waals surface area contributed by atoms with Crippen LogP contribution in [0.4, 0.5) is 0 Å². The minimum absolute atomic E-state index is 0. The summed E-state index contributed by atoms with van der Waals surface area (Å²) in [5.41, 5.74) is 1.83. The molecule has 3 aromatic rings. The Labute approximate surface area is 143 Å². The van der Waals surface area contributed by atoms with Crippen LogP contribution < -0.4 is 26.3 Å². The number of nitrogens with zero attached hydrogens (tertiary/aromatic N) is 1. The monoisotopic (exact) mass is 377 g/mol. The van der Waals surface area contributed by atoms with Crippen LogP contribution in [0.2, 0.25) is 0 Å². The lowest BCUT2D eigenvalue weighted by Crippen LogP contribution is -3.00. The number of hydrogen-bond acceptors (Lipinski definition) is 3. The van der Waals surface area contributed by atoms with E-state index in [0.29, 0.717) is 12.1 Å². The number of aromatic nitrogens is 1. The molecule has 22 heavy (non-hydrogen) atoms. The van der Waals surface area contributed by atoms with Crippen LogP contribution >= 0.6 is 11.3 Å². The predicted molar refractivity (Wildman–Crippen MR) is 84.1 cm³/mol. The van der Waals surface area contributed by atoms with E-state index in [9.17, 15) is 4.79 Å². The first kappa shape index (κ1) is 16.6. The molecule has 0 fully saturated rings. The van der Waals surface area contributed by atoms with Gasteiger partial charge in [-0.1, -0.05) is 0 Å². The minimum Gasteiger partial charge on any atom is -1.00 e. The smallest absolute Gasteiger partial charge is 0.227 e. The number of aryl methyl sites for hydroxylation is 1. The molecule has 5 heteroatoms. The van der Waals surface area contributed by atoms with Gasteiger partial charge in [0.1, 0.15) is 10.4 Å². The van der Waals surface area contributed by atoms with Crippen LogP contribution in [0, 0.1) is 6.92 Å². The number of rotatable bonds is 4. The molecule has 3 nitrogen and oxygen atoms in total. The van der Waals surface area contributed by atoms with Crippen molar-refractivity contribution in [3.63, 3.8) is 0 Å². The number of Topliss-reactive ketones (excluding diaryl/α,β-unsaturated/α-hetero) is 1. The van der Waals surface area contributed by atoms with Gasteiger partial charge in [0.15, 0.2) is 11.9 Å². The minimum atomic E-state index is 0. The maximum Gasteiger partial charge on any atom is 0.227 e. The zero-order chi connectivity index (χ0) is 14.8. The van der Waals surface area contributed by atoms with E-state index in [1.807, 2.05) is 22.9 Å². The maximum atomic E-state index is 12.4. The number of ketones is 1. The Morgan fingerprint density at radius 2 is 1.91 bits per heavy atom. The molecule has 2 aromatic heterocycles. The van der Waals surface area contributed by atoms with E-state index in [1.54, 1.807) is 30.6 Å². The van der Waals surface area contributed by atoms with Crippen LogP contribution in [-0.2, 0) is 6.54 Å². The van der Waals surface area contributed by atoms with E-state index in [1.165, 1.54) is 10.1 Å². The molecule has 0 bridgehead atoms. The quantitative estimate of drug-likeness (QED) is 0.486. The zero-order valence-electron chi connectivity index (χ0n) is 12.4. The SMILES string of the molecule is COc1ccc(C(=O)C[n+]2ccc3ccsc3c2C)cc1.[Br-].